The molecule has 1 amide bonds. The summed E-state index contributed by atoms with van der Waals surface area (Å²) < 4.78 is 0. The predicted molar refractivity (Wildman–Crippen MR) is 104 cm³/mol. The van der Waals surface area contributed by atoms with Crippen molar-refractivity contribution in [1.82, 2.24) is 15.5 Å². The summed E-state index contributed by atoms with van der Waals surface area (Å²) in [5.74, 6) is 1.00. The van der Waals surface area contributed by atoms with E-state index in [9.17, 15) is 4.79 Å². The number of hydrogen-bond donors (Lipinski definition) is 2. The Bertz CT molecular complexity index is 613. The third-order valence-corrected chi connectivity index (χ3v) is 4.62. The monoisotopic (exact) mass is 384 g/mol. The molecule has 2 N–H and O–H groups in total. The molecular weight excluding hydrogens is 359 g/mol. The van der Waals surface area contributed by atoms with Gasteiger partial charge in [0.1, 0.15) is 0 Å². The van der Waals surface area contributed by atoms with Crippen LogP contribution in [0.25, 0.3) is 0 Å². The Morgan fingerprint density at radius 1 is 1.32 bits per heavy atom. The highest BCUT2D eigenvalue weighted by Crippen LogP contribution is 2.19. The zero-order valence-corrected chi connectivity index (χ0v) is 16.5. The van der Waals surface area contributed by atoms with Crippen LogP contribution in [-0.2, 0) is 11.2 Å². The first-order chi connectivity index (χ1) is 11.9. The molecular formula is C18H26Cl2N4O. The number of guanidine groups is 1. The zero-order valence-electron chi connectivity index (χ0n) is 15.0. The Labute approximate surface area is 159 Å². The fraction of sp³-hybridized carbons (Fsp3) is 0.556. The van der Waals surface area contributed by atoms with E-state index in [4.69, 9.17) is 23.2 Å². The van der Waals surface area contributed by atoms with Gasteiger partial charge in [0.2, 0.25) is 5.91 Å². The SMILES string of the molecule is CN=C(NCCc1cc(Cl)cc(Cl)c1)NC1CCN(C(=O)C(C)C)C1. The van der Waals surface area contributed by atoms with Crippen LogP contribution in [0.4, 0.5) is 0 Å². The Balaban J connectivity index is 1.78. The van der Waals surface area contributed by atoms with Gasteiger partial charge in [0, 0.05) is 48.7 Å². The molecule has 1 saturated heterocycles. The molecule has 7 heteroatoms. The molecule has 0 aromatic heterocycles. The lowest BCUT2D eigenvalue weighted by Crippen LogP contribution is -2.45. The van der Waals surface area contributed by atoms with E-state index in [-0.39, 0.29) is 17.9 Å². The van der Waals surface area contributed by atoms with Crippen LogP contribution >= 0.6 is 23.2 Å². The number of nitrogens with zero attached hydrogens (tertiary/aromatic N) is 2. The molecule has 0 bridgehead atoms. The van der Waals surface area contributed by atoms with Gasteiger partial charge >= 0.3 is 0 Å². The topological polar surface area (TPSA) is 56.7 Å². The molecule has 1 aromatic rings. The Morgan fingerprint density at radius 3 is 2.60 bits per heavy atom. The number of hydrogen-bond acceptors (Lipinski definition) is 2. The average Bonchev–Trinajstić information content (AvgIpc) is 3.00. The van der Waals surface area contributed by atoms with Crippen LogP contribution in [0.2, 0.25) is 10.0 Å². The number of carbonyl (C=O) groups excluding carboxylic acids is 1. The van der Waals surface area contributed by atoms with Crippen molar-refractivity contribution in [1.29, 1.82) is 0 Å². The van der Waals surface area contributed by atoms with E-state index in [0.717, 1.165) is 44.0 Å². The molecule has 5 nitrogen and oxygen atoms in total. The fourth-order valence-corrected chi connectivity index (χ4v) is 3.48. The maximum Gasteiger partial charge on any atom is 0.225 e. The molecule has 1 aliphatic rings. The molecule has 0 aliphatic carbocycles. The van der Waals surface area contributed by atoms with Crippen LogP contribution in [0.1, 0.15) is 25.8 Å². The third-order valence-electron chi connectivity index (χ3n) is 4.19. The molecule has 1 fully saturated rings. The van der Waals surface area contributed by atoms with E-state index in [1.54, 1.807) is 13.1 Å². The first-order valence-corrected chi connectivity index (χ1v) is 9.35. The normalized spacial score (nSPS) is 17.9. The summed E-state index contributed by atoms with van der Waals surface area (Å²) in [5, 5.41) is 7.98. The van der Waals surface area contributed by atoms with E-state index in [1.165, 1.54) is 0 Å². The minimum Gasteiger partial charge on any atom is -0.356 e. The van der Waals surface area contributed by atoms with Gasteiger partial charge in [-0.2, -0.15) is 0 Å². The maximum atomic E-state index is 12.1. The van der Waals surface area contributed by atoms with E-state index in [2.05, 4.69) is 15.6 Å². The highest BCUT2D eigenvalue weighted by Gasteiger charge is 2.27. The lowest BCUT2D eigenvalue weighted by molar-refractivity contribution is -0.133. The largest absolute Gasteiger partial charge is 0.356 e. The van der Waals surface area contributed by atoms with Crippen LogP contribution < -0.4 is 10.6 Å². The van der Waals surface area contributed by atoms with E-state index in [1.807, 2.05) is 30.9 Å². The molecule has 1 aliphatic heterocycles. The molecule has 1 heterocycles. The lowest BCUT2D eigenvalue weighted by Gasteiger charge is -2.20. The lowest BCUT2D eigenvalue weighted by atomic mass is 10.1. The standard InChI is InChI=1S/C18H26Cl2N4O/c1-12(2)17(25)24-7-5-16(11-24)23-18(21-3)22-6-4-13-8-14(19)10-15(20)9-13/h8-10,12,16H,4-7,11H2,1-3H3,(H2,21,22,23). The second-order valence-electron chi connectivity index (χ2n) is 6.60. The van der Waals surface area contributed by atoms with Gasteiger partial charge in [-0.25, -0.2) is 0 Å². The van der Waals surface area contributed by atoms with E-state index in [0.29, 0.717) is 10.0 Å². The van der Waals surface area contributed by atoms with Crippen LogP contribution in [0, 0.1) is 5.92 Å². The number of aliphatic imine (C=N–C) groups is 1. The minimum absolute atomic E-state index is 0.0423. The van der Waals surface area contributed by atoms with Gasteiger partial charge in [-0.1, -0.05) is 37.0 Å². The minimum atomic E-state index is 0.0423. The Hall–Kier alpha value is -1.46. The fourth-order valence-electron chi connectivity index (χ4n) is 2.91. The summed E-state index contributed by atoms with van der Waals surface area (Å²) in [7, 11) is 1.75. The van der Waals surface area contributed by atoms with Gasteiger partial charge in [-0.15, -0.1) is 0 Å². The highest BCUT2D eigenvalue weighted by molar-refractivity contribution is 6.34. The zero-order chi connectivity index (χ0) is 18.4. The van der Waals surface area contributed by atoms with E-state index >= 15 is 0 Å². The van der Waals surface area contributed by atoms with Gasteiger partial charge in [-0.05, 0) is 36.6 Å². The first-order valence-electron chi connectivity index (χ1n) is 8.60. The van der Waals surface area contributed by atoms with Crippen molar-refractivity contribution in [3.8, 4) is 0 Å². The molecule has 0 saturated carbocycles. The second-order valence-corrected chi connectivity index (χ2v) is 7.47. The van der Waals surface area contributed by atoms with E-state index < -0.39 is 0 Å². The van der Waals surface area contributed by atoms with Gasteiger partial charge in [-0.3, -0.25) is 9.79 Å². The van der Waals surface area contributed by atoms with Crippen molar-refractivity contribution in [3.63, 3.8) is 0 Å². The smallest absolute Gasteiger partial charge is 0.225 e. The average molecular weight is 385 g/mol. The number of amides is 1. The predicted octanol–water partition coefficient (Wildman–Crippen LogP) is 2.96. The Kier molecular flexibility index (Phi) is 7.38. The van der Waals surface area contributed by atoms with Crippen molar-refractivity contribution >= 4 is 35.1 Å². The van der Waals surface area contributed by atoms with Crippen molar-refractivity contribution in [2.24, 2.45) is 10.9 Å². The van der Waals surface area contributed by atoms with Gasteiger partial charge < -0.3 is 15.5 Å². The molecule has 0 spiro atoms. The number of rotatable bonds is 5. The second kappa shape index (κ2) is 9.30. The summed E-state index contributed by atoms with van der Waals surface area (Å²) in [6.07, 6.45) is 1.73. The summed E-state index contributed by atoms with van der Waals surface area (Å²) in [6.45, 7) is 6.11. The molecule has 25 heavy (non-hydrogen) atoms. The van der Waals surface area contributed by atoms with Crippen molar-refractivity contribution < 1.29 is 4.79 Å². The van der Waals surface area contributed by atoms with Crippen molar-refractivity contribution in [2.45, 2.75) is 32.7 Å². The van der Waals surface area contributed by atoms with Crippen LogP contribution in [-0.4, -0.2) is 49.5 Å². The van der Waals surface area contributed by atoms with Crippen LogP contribution in [0.15, 0.2) is 23.2 Å². The van der Waals surface area contributed by atoms with Crippen molar-refractivity contribution in [2.75, 3.05) is 26.7 Å². The molecule has 1 unspecified atom stereocenters. The molecule has 1 aromatic carbocycles. The van der Waals surface area contributed by atoms with Crippen LogP contribution in [0.5, 0.6) is 0 Å². The maximum absolute atomic E-state index is 12.1. The number of halogens is 2. The molecule has 2 rings (SSSR count). The highest BCUT2D eigenvalue weighted by atomic mass is 35.5. The van der Waals surface area contributed by atoms with Gasteiger partial charge in [0.25, 0.3) is 0 Å². The number of benzene rings is 1. The molecule has 1 atom stereocenters. The summed E-state index contributed by atoms with van der Waals surface area (Å²) in [4.78, 5) is 18.2. The summed E-state index contributed by atoms with van der Waals surface area (Å²) >= 11 is 12.0. The van der Waals surface area contributed by atoms with Gasteiger partial charge in [0.15, 0.2) is 5.96 Å². The van der Waals surface area contributed by atoms with Crippen LogP contribution in [0.3, 0.4) is 0 Å². The first kappa shape index (κ1) is 19.9. The van der Waals surface area contributed by atoms with Crippen molar-refractivity contribution in [3.05, 3.63) is 33.8 Å². The Morgan fingerprint density at radius 2 is 2.00 bits per heavy atom. The molecule has 138 valence electrons. The number of carbonyl (C=O) groups is 1. The third kappa shape index (κ3) is 6.08. The molecule has 0 radical (unpaired) electrons. The number of nitrogens with one attached hydrogen (secondary N) is 2. The quantitative estimate of drug-likeness (QED) is 0.605. The summed E-state index contributed by atoms with van der Waals surface area (Å²) in [6, 6.07) is 5.79. The number of likely N-dealkylation sites (tertiary alicyclic amines) is 1. The van der Waals surface area contributed by atoms with Gasteiger partial charge in [0.05, 0.1) is 0 Å². The summed E-state index contributed by atoms with van der Waals surface area (Å²) in [5.41, 5.74) is 1.08.